The summed E-state index contributed by atoms with van der Waals surface area (Å²) in [5.41, 5.74) is 0.485. The van der Waals surface area contributed by atoms with Gasteiger partial charge in [-0.3, -0.25) is 9.59 Å². The van der Waals surface area contributed by atoms with Crippen molar-refractivity contribution in [2.45, 2.75) is 24.8 Å². The maximum absolute atomic E-state index is 12.3. The number of carboxylic acids is 1. The first-order valence-corrected chi connectivity index (χ1v) is 8.28. The lowest BCUT2D eigenvalue weighted by molar-refractivity contribution is -0.137. The van der Waals surface area contributed by atoms with E-state index in [2.05, 4.69) is 5.32 Å². The molecule has 0 saturated heterocycles. The van der Waals surface area contributed by atoms with Gasteiger partial charge in [0, 0.05) is 25.6 Å². The Bertz CT molecular complexity index is 687. The topological polar surface area (TPSA) is 113 Å². The van der Waals surface area contributed by atoms with Crippen LogP contribution in [0.15, 0.2) is 23.1 Å². The molecule has 1 aromatic carbocycles. The predicted molar refractivity (Wildman–Crippen MR) is 82.6 cm³/mol. The van der Waals surface area contributed by atoms with Crippen LogP contribution in [0.5, 0.6) is 5.75 Å². The number of nitrogens with one attached hydrogen (secondary N) is 1. The number of carbonyl (C=O) groups is 2. The summed E-state index contributed by atoms with van der Waals surface area (Å²) in [4.78, 5) is 22.0. The average molecular weight is 344 g/mol. The molecule has 1 amide bonds. The molecule has 1 rings (SSSR count). The van der Waals surface area contributed by atoms with Crippen molar-refractivity contribution in [3.8, 4) is 5.75 Å². The van der Waals surface area contributed by atoms with Crippen LogP contribution in [-0.4, -0.2) is 50.4 Å². The van der Waals surface area contributed by atoms with E-state index in [0.29, 0.717) is 17.7 Å². The van der Waals surface area contributed by atoms with Gasteiger partial charge in [0.25, 0.3) is 0 Å². The molecule has 1 aromatic rings. The van der Waals surface area contributed by atoms with Gasteiger partial charge in [-0.1, -0.05) is 6.92 Å². The first kappa shape index (κ1) is 18.9. The third-order valence-electron chi connectivity index (χ3n) is 3.12. The molecule has 0 bridgehead atoms. The molecule has 0 saturated carbocycles. The van der Waals surface area contributed by atoms with Gasteiger partial charge < -0.3 is 15.2 Å². The van der Waals surface area contributed by atoms with Gasteiger partial charge in [0.2, 0.25) is 15.9 Å². The number of methoxy groups -OCH3 is 1. The Kier molecular flexibility index (Phi) is 6.52. The first-order valence-electron chi connectivity index (χ1n) is 6.84. The van der Waals surface area contributed by atoms with Crippen LogP contribution < -0.4 is 10.1 Å². The van der Waals surface area contributed by atoms with Crippen molar-refractivity contribution in [3.05, 3.63) is 23.8 Å². The Hall–Kier alpha value is -2.13. The summed E-state index contributed by atoms with van der Waals surface area (Å²) in [5.74, 6) is -0.996. The lowest BCUT2D eigenvalue weighted by Crippen LogP contribution is -2.32. The molecule has 2 N–H and O–H groups in total. The Morgan fingerprint density at radius 2 is 2.00 bits per heavy atom. The summed E-state index contributed by atoms with van der Waals surface area (Å²) in [6, 6.07) is 4.16. The summed E-state index contributed by atoms with van der Waals surface area (Å²) in [6.07, 6.45) is 0.307. The van der Waals surface area contributed by atoms with Crippen molar-refractivity contribution in [3.63, 3.8) is 0 Å². The normalized spacial score (nSPS) is 11.3. The van der Waals surface area contributed by atoms with E-state index in [1.807, 2.05) is 0 Å². The van der Waals surface area contributed by atoms with Crippen LogP contribution in [0.3, 0.4) is 0 Å². The van der Waals surface area contributed by atoms with Crippen LogP contribution in [0.25, 0.3) is 0 Å². The zero-order chi connectivity index (χ0) is 17.6. The Morgan fingerprint density at radius 3 is 2.52 bits per heavy atom. The van der Waals surface area contributed by atoms with E-state index >= 15 is 0 Å². The van der Waals surface area contributed by atoms with Gasteiger partial charge in [-0.2, -0.15) is 4.31 Å². The number of rotatable bonds is 8. The summed E-state index contributed by atoms with van der Waals surface area (Å²) in [5, 5.41) is 11.4. The molecule has 0 aliphatic heterocycles. The van der Waals surface area contributed by atoms with E-state index < -0.39 is 22.5 Å². The van der Waals surface area contributed by atoms with Crippen molar-refractivity contribution in [1.82, 2.24) is 9.62 Å². The molecule has 128 valence electrons. The van der Waals surface area contributed by atoms with E-state index in [0.717, 1.165) is 4.31 Å². The number of sulfonamides is 1. The molecule has 0 spiro atoms. The first-order chi connectivity index (χ1) is 10.7. The molecule has 9 heteroatoms. The van der Waals surface area contributed by atoms with Gasteiger partial charge in [-0.15, -0.1) is 0 Å². The molecule has 0 fully saturated rings. The summed E-state index contributed by atoms with van der Waals surface area (Å²) in [7, 11) is -1.32. The predicted octanol–water partition coefficient (Wildman–Crippen LogP) is 0.427. The van der Waals surface area contributed by atoms with Gasteiger partial charge in [0.15, 0.2) is 0 Å². The maximum Gasteiger partial charge on any atom is 0.318 e. The fraction of sp³-hybridized carbons (Fsp3) is 0.429. The van der Waals surface area contributed by atoms with Crippen LogP contribution in [0.2, 0.25) is 0 Å². The number of benzene rings is 1. The van der Waals surface area contributed by atoms with Crippen molar-refractivity contribution >= 4 is 21.9 Å². The van der Waals surface area contributed by atoms with Crippen LogP contribution in [-0.2, 0) is 26.2 Å². The number of nitrogens with zero attached hydrogens (tertiary/aromatic N) is 1. The van der Waals surface area contributed by atoms with Gasteiger partial charge in [-0.25, -0.2) is 8.42 Å². The summed E-state index contributed by atoms with van der Waals surface area (Å²) >= 11 is 0. The highest BCUT2D eigenvalue weighted by Crippen LogP contribution is 2.24. The molecule has 0 unspecified atom stereocenters. The highest BCUT2D eigenvalue weighted by atomic mass is 32.2. The quantitative estimate of drug-likeness (QED) is 0.707. The zero-order valence-corrected chi connectivity index (χ0v) is 14.0. The molecule has 0 aliphatic rings. The summed E-state index contributed by atoms with van der Waals surface area (Å²) < 4.78 is 30.6. The smallest absolute Gasteiger partial charge is 0.318 e. The molecular weight excluding hydrogens is 324 g/mol. The van der Waals surface area contributed by atoms with E-state index in [1.165, 1.54) is 32.4 Å². The lowest BCUT2D eigenvalue weighted by atomic mass is 10.2. The van der Waals surface area contributed by atoms with Crippen molar-refractivity contribution in [2.75, 3.05) is 20.7 Å². The van der Waals surface area contributed by atoms with Crippen molar-refractivity contribution in [1.29, 1.82) is 0 Å². The monoisotopic (exact) mass is 344 g/mol. The third kappa shape index (κ3) is 4.93. The maximum atomic E-state index is 12.3. The Labute approximate surface area is 135 Å². The van der Waals surface area contributed by atoms with E-state index in [1.54, 1.807) is 6.92 Å². The van der Waals surface area contributed by atoms with Crippen molar-refractivity contribution in [2.24, 2.45) is 0 Å². The minimum atomic E-state index is -3.94. The largest absolute Gasteiger partial charge is 0.496 e. The molecule has 23 heavy (non-hydrogen) atoms. The number of carboxylic acid groups (broad SMARTS) is 1. The highest BCUT2D eigenvalue weighted by molar-refractivity contribution is 7.89. The fourth-order valence-corrected chi connectivity index (χ4v) is 3.00. The third-order valence-corrected chi connectivity index (χ3v) is 4.91. The van der Waals surface area contributed by atoms with Gasteiger partial charge in [0.1, 0.15) is 12.3 Å². The van der Waals surface area contributed by atoms with Crippen molar-refractivity contribution < 1.29 is 27.9 Å². The fourth-order valence-electron chi connectivity index (χ4n) is 1.83. The van der Waals surface area contributed by atoms with Gasteiger partial charge in [-0.05, 0) is 18.2 Å². The molecule has 0 atom stereocenters. The van der Waals surface area contributed by atoms with Gasteiger partial charge in [0.05, 0.1) is 12.0 Å². The molecule has 0 aliphatic carbocycles. The van der Waals surface area contributed by atoms with Gasteiger partial charge >= 0.3 is 5.97 Å². The lowest BCUT2D eigenvalue weighted by Gasteiger charge is -2.17. The second-order valence-electron chi connectivity index (χ2n) is 4.76. The van der Waals surface area contributed by atoms with E-state index in [9.17, 15) is 18.0 Å². The molecule has 0 heterocycles. The van der Waals surface area contributed by atoms with E-state index in [4.69, 9.17) is 9.84 Å². The van der Waals surface area contributed by atoms with Crippen LogP contribution in [0.4, 0.5) is 0 Å². The second kappa shape index (κ2) is 7.93. The Morgan fingerprint density at radius 1 is 1.35 bits per heavy atom. The minimum absolute atomic E-state index is 0.0669. The number of hydrogen-bond donors (Lipinski definition) is 2. The molecule has 8 nitrogen and oxygen atoms in total. The second-order valence-corrected chi connectivity index (χ2v) is 6.80. The van der Waals surface area contributed by atoms with Crippen LogP contribution in [0, 0.1) is 0 Å². The van der Waals surface area contributed by atoms with E-state index in [-0.39, 0.29) is 17.3 Å². The minimum Gasteiger partial charge on any atom is -0.496 e. The number of carbonyl (C=O) groups excluding carboxylic acids is 1. The number of hydrogen-bond acceptors (Lipinski definition) is 5. The number of ether oxygens (including phenoxy) is 1. The standard InChI is InChI=1S/C14H20N2O6S/c1-4-13(17)15-8-10-7-11(5-6-12(10)22-3)23(20,21)16(2)9-14(18)19/h5-7H,4,8-9H2,1-3H3,(H,15,17)(H,18,19). The van der Waals surface area contributed by atoms with Crippen LogP contribution >= 0.6 is 0 Å². The zero-order valence-electron chi connectivity index (χ0n) is 13.2. The summed E-state index contributed by atoms with van der Waals surface area (Å²) in [6.45, 7) is 1.17. The average Bonchev–Trinajstić information content (AvgIpc) is 2.51. The SMILES string of the molecule is CCC(=O)NCc1cc(S(=O)(=O)N(C)CC(=O)O)ccc1OC. The number of amides is 1. The molecule has 0 aromatic heterocycles. The number of aliphatic carboxylic acids is 1. The van der Waals surface area contributed by atoms with Crippen LogP contribution in [0.1, 0.15) is 18.9 Å². The molecule has 0 radical (unpaired) electrons. The molecular formula is C14H20N2O6S. The Balaban J connectivity index is 3.13. The highest BCUT2D eigenvalue weighted by Gasteiger charge is 2.24. The number of likely N-dealkylation sites (N-methyl/N-ethyl adjacent to an activating group) is 1.